The van der Waals surface area contributed by atoms with Gasteiger partial charge in [-0.3, -0.25) is 9.78 Å². The van der Waals surface area contributed by atoms with E-state index in [1.165, 1.54) is 12.3 Å². The summed E-state index contributed by atoms with van der Waals surface area (Å²) in [4.78, 5) is 17.3. The molecule has 5 heteroatoms. The summed E-state index contributed by atoms with van der Waals surface area (Å²) in [6.07, 6.45) is 4.30. The molecular formula is C12H15FN2O2. The molecule has 17 heavy (non-hydrogen) atoms. The summed E-state index contributed by atoms with van der Waals surface area (Å²) in [5.41, 5.74) is 0.0934. The van der Waals surface area contributed by atoms with Gasteiger partial charge >= 0.3 is 0 Å². The van der Waals surface area contributed by atoms with Crippen molar-refractivity contribution in [1.29, 1.82) is 0 Å². The van der Waals surface area contributed by atoms with Crippen LogP contribution in [0, 0.1) is 5.82 Å². The number of ether oxygens (including phenoxy) is 1. The Morgan fingerprint density at radius 2 is 2.24 bits per heavy atom. The molecule has 2 heterocycles. The summed E-state index contributed by atoms with van der Waals surface area (Å²) in [5, 5.41) is 0. The van der Waals surface area contributed by atoms with Crippen LogP contribution in [0.25, 0.3) is 0 Å². The molecule has 0 atom stereocenters. The number of piperidine rings is 1. The van der Waals surface area contributed by atoms with E-state index < -0.39 is 5.82 Å². The Morgan fingerprint density at radius 3 is 2.82 bits per heavy atom. The molecule has 0 aromatic carbocycles. The molecule has 0 aliphatic carbocycles. The number of pyridine rings is 1. The van der Waals surface area contributed by atoms with Crippen molar-refractivity contribution in [3.05, 3.63) is 29.8 Å². The second-order valence-electron chi connectivity index (χ2n) is 4.08. The van der Waals surface area contributed by atoms with Crippen molar-refractivity contribution in [3.63, 3.8) is 0 Å². The number of rotatable bonds is 2. The predicted molar refractivity (Wildman–Crippen MR) is 60.1 cm³/mol. The number of hydrogen-bond donors (Lipinski definition) is 0. The molecule has 0 radical (unpaired) electrons. The van der Waals surface area contributed by atoms with Crippen molar-refractivity contribution in [3.8, 4) is 0 Å². The van der Waals surface area contributed by atoms with E-state index in [1.54, 1.807) is 12.0 Å². The van der Waals surface area contributed by atoms with E-state index in [4.69, 9.17) is 4.74 Å². The summed E-state index contributed by atoms with van der Waals surface area (Å²) >= 11 is 0. The van der Waals surface area contributed by atoms with Crippen LogP contribution >= 0.6 is 0 Å². The molecule has 1 saturated heterocycles. The van der Waals surface area contributed by atoms with Crippen LogP contribution in [0.15, 0.2) is 18.5 Å². The molecule has 1 aliphatic heterocycles. The molecular weight excluding hydrogens is 223 g/mol. The van der Waals surface area contributed by atoms with Gasteiger partial charge in [-0.25, -0.2) is 4.39 Å². The first-order chi connectivity index (χ1) is 8.22. The third-order valence-corrected chi connectivity index (χ3v) is 3.07. The Balaban J connectivity index is 2.04. The lowest BCUT2D eigenvalue weighted by Gasteiger charge is -2.31. The zero-order chi connectivity index (χ0) is 12.3. The van der Waals surface area contributed by atoms with E-state index >= 15 is 0 Å². The van der Waals surface area contributed by atoms with Crippen molar-refractivity contribution < 1.29 is 13.9 Å². The largest absolute Gasteiger partial charge is 0.381 e. The number of carbonyl (C=O) groups excluding carboxylic acids is 1. The standard InChI is InChI=1S/C12H15FN2O2/c1-17-9-3-6-15(7-4-9)12(16)10-2-5-14-8-11(10)13/h2,5,8-9H,3-4,6-7H2,1H3. The molecule has 1 aromatic rings. The number of amides is 1. The summed E-state index contributed by atoms with van der Waals surface area (Å²) in [6, 6.07) is 1.42. The fraction of sp³-hybridized carbons (Fsp3) is 0.500. The second kappa shape index (κ2) is 5.23. The molecule has 1 aliphatic rings. The number of nitrogens with zero attached hydrogens (tertiary/aromatic N) is 2. The van der Waals surface area contributed by atoms with Gasteiger partial charge in [0.05, 0.1) is 17.9 Å². The third-order valence-electron chi connectivity index (χ3n) is 3.07. The van der Waals surface area contributed by atoms with Crippen molar-refractivity contribution in [1.82, 2.24) is 9.88 Å². The van der Waals surface area contributed by atoms with Gasteiger partial charge in [0.2, 0.25) is 0 Å². The maximum absolute atomic E-state index is 13.4. The van der Waals surface area contributed by atoms with Crippen LogP contribution in [0.2, 0.25) is 0 Å². The molecule has 0 saturated carbocycles. The summed E-state index contributed by atoms with van der Waals surface area (Å²) in [7, 11) is 1.67. The maximum atomic E-state index is 13.4. The lowest BCUT2D eigenvalue weighted by Crippen LogP contribution is -2.40. The van der Waals surface area contributed by atoms with Gasteiger partial charge in [-0.2, -0.15) is 0 Å². The molecule has 4 nitrogen and oxygen atoms in total. The molecule has 0 N–H and O–H groups in total. The second-order valence-corrected chi connectivity index (χ2v) is 4.08. The van der Waals surface area contributed by atoms with Crippen molar-refractivity contribution in [2.45, 2.75) is 18.9 Å². The van der Waals surface area contributed by atoms with Crippen molar-refractivity contribution in [2.75, 3.05) is 20.2 Å². The van der Waals surface area contributed by atoms with Crippen LogP contribution < -0.4 is 0 Å². The topological polar surface area (TPSA) is 42.4 Å². The van der Waals surface area contributed by atoms with E-state index in [1.807, 2.05) is 0 Å². The minimum atomic E-state index is -0.564. The van der Waals surface area contributed by atoms with E-state index in [9.17, 15) is 9.18 Å². The number of halogens is 1. The Bertz CT molecular complexity index is 403. The Labute approximate surface area is 99.4 Å². The Kier molecular flexibility index (Phi) is 3.68. The van der Waals surface area contributed by atoms with Crippen molar-refractivity contribution in [2.24, 2.45) is 0 Å². The summed E-state index contributed by atoms with van der Waals surface area (Å²) < 4.78 is 18.6. The van der Waals surface area contributed by atoms with Gasteiger partial charge in [0.15, 0.2) is 5.82 Å². The first-order valence-corrected chi connectivity index (χ1v) is 5.64. The van der Waals surface area contributed by atoms with Gasteiger partial charge in [-0.15, -0.1) is 0 Å². The molecule has 1 fully saturated rings. The molecule has 92 valence electrons. The van der Waals surface area contributed by atoms with Gasteiger partial charge in [-0.1, -0.05) is 0 Å². The monoisotopic (exact) mass is 238 g/mol. The predicted octanol–water partition coefficient (Wildman–Crippen LogP) is 1.47. The molecule has 1 aromatic heterocycles. The first kappa shape index (κ1) is 12.0. The highest BCUT2D eigenvalue weighted by molar-refractivity contribution is 5.94. The fourth-order valence-electron chi connectivity index (χ4n) is 2.01. The number of methoxy groups -OCH3 is 1. The third kappa shape index (κ3) is 2.61. The Morgan fingerprint density at radius 1 is 1.53 bits per heavy atom. The van der Waals surface area contributed by atoms with Gasteiger partial charge in [0.1, 0.15) is 0 Å². The van der Waals surface area contributed by atoms with Gasteiger partial charge < -0.3 is 9.64 Å². The molecule has 0 spiro atoms. The zero-order valence-electron chi connectivity index (χ0n) is 9.73. The molecule has 0 bridgehead atoms. The van der Waals surface area contributed by atoms with Crippen LogP contribution in [0.5, 0.6) is 0 Å². The normalized spacial score (nSPS) is 17.2. The van der Waals surface area contributed by atoms with Crippen LogP contribution in [-0.2, 0) is 4.74 Å². The number of likely N-dealkylation sites (tertiary alicyclic amines) is 1. The fourth-order valence-corrected chi connectivity index (χ4v) is 2.01. The number of aromatic nitrogens is 1. The van der Waals surface area contributed by atoms with Crippen LogP contribution in [-0.4, -0.2) is 42.1 Å². The summed E-state index contributed by atoms with van der Waals surface area (Å²) in [6.45, 7) is 1.22. The first-order valence-electron chi connectivity index (χ1n) is 5.64. The zero-order valence-corrected chi connectivity index (χ0v) is 9.73. The average molecular weight is 238 g/mol. The maximum Gasteiger partial charge on any atom is 0.256 e. The van der Waals surface area contributed by atoms with Crippen LogP contribution in [0.1, 0.15) is 23.2 Å². The van der Waals surface area contributed by atoms with Crippen LogP contribution in [0.4, 0.5) is 4.39 Å². The quantitative estimate of drug-likeness (QED) is 0.783. The van der Waals surface area contributed by atoms with Crippen LogP contribution in [0.3, 0.4) is 0 Å². The molecule has 1 amide bonds. The van der Waals surface area contributed by atoms with Gasteiger partial charge in [-0.05, 0) is 18.9 Å². The van der Waals surface area contributed by atoms with Gasteiger partial charge in [0, 0.05) is 26.4 Å². The lowest BCUT2D eigenvalue weighted by atomic mass is 10.1. The highest BCUT2D eigenvalue weighted by Gasteiger charge is 2.24. The van der Waals surface area contributed by atoms with E-state index in [0.717, 1.165) is 19.0 Å². The number of hydrogen-bond acceptors (Lipinski definition) is 3. The number of carbonyl (C=O) groups is 1. The Hall–Kier alpha value is -1.49. The average Bonchev–Trinajstić information content (AvgIpc) is 2.39. The highest BCUT2D eigenvalue weighted by atomic mass is 19.1. The molecule has 0 unspecified atom stereocenters. The lowest BCUT2D eigenvalue weighted by molar-refractivity contribution is 0.0348. The van der Waals surface area contributed by atoms with E-state index in [2.05, 4.69) is 4.98 Å². The summed E-state index contributed by atoms with van der Waals surface area (Å²) in [5.74, 6) is -0.828. The minimum absolute atomic E-state index is 0.0934. The van der Waals surface area contributed by atoms with E-state index in [-0.39, 0.29) is 17.6 Å². The van der Waals surface area contributed by atoms with Gasteiger partial charge in [0.25, 0.3) is 5.91 Å². The molecule has 2 rings (SSSR count). The van der Waals surface area contributed by atoms with E-state index in [0.29, 0.717) is 13.1 Å². The SMILES string of the molecule is COC1CCN(C(=O)c2ccncc2F)CC1. The minimum Gasteiger partial charge on any atom is -0.381 e. The smallest absolute Gasteiger partial charge is 0.256 e. The highest BCUT2D eigenvalue weighted by Crippen LogP contribution is 2.16. The van der Waals surface area contributed by atoms with Crippen molar-refractivity contribution >= 4 is 5.91 Å².